The van der Waals surface area contributed by atoms with Gasteiger partial charge in [0, 0.05) is 37.9 Å². The Bertz CT molecular complexity index is 1010. The summed E-state index contributed by atoms with van der Waals surface area (Å²) in [4.78, 5) is 26.7. The minimum Gasteiger partial charge on any atom is -0.506 e. The first-order chi connectivity index (χ1) is 12.6. The summed E-state index contributed by atoms with van der Waals surface area (Å²) in [5.41, 5.74) is 3.17. The van der Waals surface area contributed by atoms with E-state index in [0.29, 0.717) is 18.6 Å². The van der Waals surface area contributed by atoms with Gasteiger partial charge < -0.3 is 10.1 Å². The molecule has 4 rings (SSSR count). The molecule has 26 heavy (non-hydrogen) atoms. The van der Waals surface area contributed by atoms with Crippen LogP contribution in [0.5, 0.6) is 5.75 Å². The molecule has 2 aromatic heterocycles. The van der Waals surface area contributed by atoms with E-state index in [1.807, 2.05) is 24.3 Å². The normalized spacial score (nSPS) is 14.5. The van der Waals surface area contributed by atoms with E-state index in [-0.39, 0.29) is 11.3 Å². The largest absolute Gasteiger partial charge is 0.506 e. The number of aromatic hydroxyl groups is 1. The Labute approximate surface area is 151 Å². The molecule has 134 valence electrons. The molecule has 0 spiro atoms. The Hall–Kier alpha value is -2.73. The lowest BCUT2D eigenvalue weighted by atomic mass is 10.1. The maximum absolute atomic E-state index is 12.4. The Morgan fingerprint density at radius 3 is 2.96 bits per heavy atom. The summed E-state index contributed by atoms with van der Waals surface area (Å²) >= 11 is 0. The van der Waals surface area contributed by atoms with E-state index in [4.69, 9.17) is 0 Å². The average Bonchev–Trinajstić information content (AvgIpc) is 2.63. The molecule has 0 saturated heterocycles. The Kier molecular flexibility index (Phi) is 4.42. The lowest BCUT2D eigenvalue weighted by Crippen LogP contribution is -2.36. The highest BCUT2D eigenvalue weighted by Gasteiger charge is 2.21. The summed E-state index contributed by atoms with van der Waals surface area (Å²) in [6.45, 7) is 4.13. The zero-order valence-electron chi connectivity index (χ0n) is 14.8. The van der Waals surface area contributed by atoms with Crippen molar-refractivity contribution in [3.05, 3.63) is 63.5 Å². The van der Waals surface area contributed by atoms with Crippen molar-refractivity contribution < 1.29 is 5.11 Å². The SMILES string of the molecule is CCCc1nc2c(c(=O)[nH]1)CN(Cc1ccc3cccc(O)c3n1)CC2. The molecule has 0 atom stereocenters. The van der Waals surface area contributed by atoms with Crippen LogP contribution in [-0.2, 0) is 25.9 Å². The molecule has 1 aliphatic rings. The topological polar surface area (TPSA) is 82.1 Å². The van der Waals surface area contributed by atoms with Crippen LogP contribution in [0.4, 0.5) is 0 Å². The number of phenolic OH excluding ortho intramolecular Hbond substituents is 1. The second kappa shape index (κ2) is 6.88. The molecule has 0 bridgehead atoms. The van der Waals surface area contributed by atoms with Crippen molar-refractivity contribution in [2.75, 3.05) is 6.54 Å². The van der Waals surface area contributed by atoms with Crippen molar-refractivity contribution in [3.63, 3.8) is 0 Å². The lowest BCUT2D eigenvalue weighted by molar-refractivity contribution is 0.239. The number of nitrogens with zero attached hydrogens (tertiary/aromatic N) is 3. The number of nitrogens with one attached hydrogen (secondary N) is 1. The number of benzene rings is 1. The van der Waals surface area contributed by atoms with Crippen LogP contribution in [0.15, 0.2) is 35.1 Å². The van der Waals surface area contributed by atoms with Crippen LogP contribution in [0, 0.1) is 0 Å². The first kappa shape index (κ1) is 16.7. The summed E-state index contributed by atoms with van der Waals surface area (Å²) < 4.78 is 0. The third-order valence-electron chi connectivity index (χ3n) is 4.83. The predicted molar refractivity (Wildman–Crippen MR) is 100 cm³/mol. The molecule has 3 heterocycles. The zero-order valence-corrected chi connectivity index (χ0v) is 14.8. The summed E-state index contributed by atoms with van der Waals surface area (Å²) in [6.07, 6.45) is 2.54. The van der Waals surface area contributed by atoms with Gasteiger partial charge in [0.1, 0.15) is 17.1 Å². The van der Waals surface area contributed by atoms with E-state index in [1.54, 1.807) is 6.07 Å². The average molecular weight is 350 g/mol. The van der Waals surface area contributed by atoms with Crippen LogP contribution in [0.2, 0.25) is 0 Å². The molecule has 2 N–H and O–H groups in total. The monoisotopic (exact) mass is 350 g/mol. The number of aromatic nitrogens is 3. The minimum absolute atomic E-state index is 0.0211. The van der Waals surface area contributed by atoms with Gasteiger partial charge in [-0.3, -0.25) is 9.69 Å². The van der Waals surface area contributed by atoms with Crippen molar-refractivity contribution in [2.24, 2.45) is 0 Å². The number of rotatable bonds is 4. The summed E-state index contributed by atoms with van der Waals surface area (Å²) in [5, 5.41) is 10.9. The molecule has 0 radical (unpaired) electrons. The van der Waals surface area contributed by atoms with E-state index < -0.39 is 0 Å². The van der Waals surface area contributed by atoms with Gasteiger partial charge in [-0.05, 0) is 18.6 Å². The number of pyridine rings is 1. The van der Waals surface area contributed by atoms with Gasteiger partial charge in [-0.1, -0.05) is 25.1 Å². The summed E-state index contributed by atoms with van der Waals surface area (Å²) in [6, 6.07) is 9.34. The number of phenols is 1. The molecule has 0 amide bonds. The van der Waals surface area contributed by atoms with Crippen LogP contribution >= 0.6 is 0 Å². The molecule has 1 aliphatic heterocycles. The standard InChI is InChI=1S/C20H22N4O2/c1-2-4-18-22-16-9-10-24(12-15(16)20(26)23-18)11-14-8-7-13-5-3-6-17(25)19(13)21-14/h3,5-8,25H,2,4,9-12H2,1H3,(H,22,23,26). The van der Waals surface area contributed by atoms with Crippen molar-refractivity contribution in [3.8, 4) is 5.75 Å². The third-order valence-corrected chi connectivity index (χ3v) is 4.83. The van der Waals surface area contributed by atoms with Gasteiger partial charge >= 0.3 is 0 Å². The molecule has 0 saturated carbocycles. The van der Waals surface area contributed by atoms with Crippen molar-refractivity contribution in [2.45, 2.75) is 39.3 Å². The molecule has 3 aromatic rings. The first-order valence-corrected chi connectivity index (χ1v) is 9.05. The fourth-order valence-corrected chi connectivity index (χ4v) is 3.51. The molecular weight excluding hydrogens is 328 g/mol. The van der Waals surface area contributed by atoms with Crippen LogP contribution in [-0.4, -0.2) is 31.5 Å². The number of H-pyrrole nitrogens is 1. The number of hydrogen-bond donors (Lipinski definition) is 2. The van der Waals surface area contributed by atoms with Crippen LogP contribution < -0.4 is 5.56 Å². The highest BCUT2D eigenvalue weighted by atomic mass is 16.3. The first-order valence-electron chi connectivity index (χ1n) is 9.05. The van der Waals surface area contributed by atoms with E-state index >= 15 is 0 Å². The molecular formula is C20H22N4O2. The van der Waals surface area contributed by atoms with Gasteiger partial charge in [0.25, 0.3) is 5.56 Å². The number of aromatic amines is 1. The van der Waals surface area contributed by atoms with Crippen molar-refractivity contribution >= 4 is 10.9 Å². The fraction of sp³-hybridized carbons (Fsp3) is 0.350. The van der Waals surface area contributed by atoms with Crippen LogP contribution in [0.25, 0.3) is 10.9 Å². The lowest BCUT2D eigenvalue weighted by Gasteiger charge is -2.27. The predicted octanol–water partition coefficient (Wildman–Crippen LogP) is 2.53. The Morgan fingerprint density at radius 1 is 1.23 bits per heavy atom. The van der Waals surface area contributed by atoms with Crippen LogP contribution in [0.3, 0.4) is 0 Å². The summed E-state index contributed by atoms with van der Waals surface area (Å²) in [5.74, 6) is 0.980. The number of hydrogen-bond acceptors (Lipinski definition) is 5. The molecule has 6 heteroatoms. The smallest absolute Gasteiger partial charge is 0.255 e. The highest BCUT2D eigenvalue weighted by molar-refractivity contribution is 5.84. The van der Waals surface area contributed by atoms with Gasteiger partial charge in [-0.2, -0.15) is 0 Å². The Morgan fingerprint density at radius 2 is 2.12 bits per heavy atom. The molecule has 1 aromatic carbocycles. The van der Waals surface area contributed by atoms with Gasteiger partial charge in [0.15, 0.2) is 0 Å². The second-order valence-electron chi connectivity index (χ2n) is 6.80. The molecule has 0 aliphatic carbocycles. The van der Waals surface area contributed by atoms with E-state index in [2.05, 4.69) is 26.8 Å². The Balaban J connectivity index is 1.56. The summed E-state index contributed by atoms with van der Waals surface area (Å²) in [7, 11) is 0. The minimum atomic E-state index is -0.0211. The zero-order chi connectivity index (χ0) is 18.1. The maximum Gasteiger partial charge on any atom is 0.255 e. The van der Waals surface area contributed by atoms with Gasteiger partial charge in [0.05, 0.1) is 17.0 Å². The number of aryl methyl sites for hydroxylation is 1. The number of fused-ring (bicyclic) bond motifs is 2. The van der Waals surface area contributed by atoms with Crippen LogP contribution in [0.1, 0.15) is 36.1 Å². The quantitative estimate of drug-likeness (QED) is 0.756. The maximum atomic E-state index is 12.4. The molecule has 0 fully saturated rings. The van der Waals surface area contributed by atoms with E-state index in [9.17, 15) is 9.90 Å². The van der Waals surface area contributed by atoms with Gasteiger partial charge in [-0.25, -0.2) is 9.97 Å². The van der Waals surface area contributed by atoms with Crippen molar-refractivity contribution in [1.29, 1.82) is 0 Å². The van der Waals surface area contributed by atoms with Crippen molar-refractivity contribution in [1.82, 2.24) is 19.9 Å². The van der Waals surface area contributed by atoms with Gasteiger partial charge in [-0.15, -0.1) is 0 Å². The third kappa shape index (κ3) is 3.20. The number of para-hydroxylation sites is 1. The van der Waals surface area contributed by atoms with E-state index in [0.717, 1.165) is 54.0 Å². The fourth-order valence-electron chi connectivity index (χ4n) is 3.51. The van der Waals surface area contributed by atoms with Gasteiger partial charge in [0.2, 0.25) is 0 Å². The molecule has 0 unspecified atom stereocenters. The van der Waals surface area contributed by atoms with E-state index in [1.165, 1.54) is 0 Å². The highest BCUT2D eigenvalue weighted by Crippen LogP contribution is 2.23. The second-order valence-corrected chi connectivity index (χ2v) is 6.80. The molecule has 6 nitrogen and oxygen atoms in total.